The lowest BCUT2D eigenvalue weighted by atomic mass is 9.83. The van der Waals surface area contributed by atoms with Gasteiger partial charge in [-0.05, 0) is 13.8 Å². The SMILES string of the molecule is CC(C)(C(=O)O)C1CC(C=O)OCO1. The molecule has 0 radical (unpaired) electrons. The summed E-state index contributed by atoms with van der Waals surface area (Å²) in [6.45, 7) is 3.13. The van der Waals surface area contributed by atoms with Crippen LogP contribution in [0, 0.1) is 5.41 Å². The number of rotatable bonds is 3. The number of carbonyl (C=O) groups excluding carboxylic acids is 1. The van der Waals surface area contributed by atoms with Crippen LogP contribution in [0.5, 0.6) is 0 Å². The number of aliphatic carboxylic acids is 1. The molecule has 2 unspecified atom stereocenters. The van der Waals surface area contributed by atoms with Crippen LogP contribution in [0.3, 0.4) is 0 Å². The minimum atomic E-state index is -0.995. The van der Waals surface area contributed by atoms with Gasteiger partial charge in [0.25, 0.3) is 0 Å². The molecule has 0 aromatic carbocycles. The smallest absolute Gasteiger partial charge is 0.311 e. The molecule has 2 atom stereocenters. The highest BCUT2D eigenvalue weighted by atomic mass is 16.7. The second-order valence-electron chi connectivity index (χ2n) is 3.88. The largest absolute Gasteiger partial charge is 0.481 e. The Bertz CT molecular complexity index is 235. The Morgan fingerprint density at radius 3 is 2.64 bits per heavy atom. The number of ether oxygens (including phenoxy) is 2. The van der Waals surface area contributed by atoms with E-state index < -0.39 is 23.6 Å². The predicted octanol–water partition coefficient (Wildman–Crippen LogP) is 0.428. The number of aldehydes is 1. The molecular formula is C9H14O5. The second kappa shape index (κ2) is 4.06. The molecular weight excluding hydrogens is 188 g/mol. The van der Waals surface area contributed by atoms with Crippen LogP contribution in [0.25, 0.3) is 0 Å². The summed E-state index contributed by atoms with van der Waals surface area (Å²) in [7, 11) is 0. The Morgan fingerprint density at radius 2 is 2.14 bits per heavy atom. The van der Waals surface area contributed by atoms with E-state index in [9.17, 15) is 9.59 Å². The maximum absolute atomic E-state index is 10.9. The molecule has 0 saturated carbocycles. The maximum Gasteiger partial charge on any atom is 0.311 e. The van der Waals surface area contributed by atoms with Gasteiger partial charge in [0.1, 0.15) is 19.2 Å². The zero-order valence-corrected chi connectivity index (χ0v) is 8.23. The van der Waals surface area contributed by atoms with E-state index in [4.69, 9.17) is 14.6 Å². The van der Waals surface area contributed by atoms with Crippen molar-refractivity contribution in [1.29, 1.82) is 0 Å². The van der Waals surface area contributed by atoms with Gasteiger partial charge in [-0.25, -0.2) is 0 Å². The second-order valence-corrected chi connectivity index (χ2v) is 3.88. The first-order valence-electron chi connectivity index (χ1n) is 4.40. The van der Waals surface area contributed by atoms with E-state index in [1.54, 1.807) is 13.8 Å². The summed E-state index contributed by atoms with van der Waals surface area (Å²) in [5.74, 6) is -0.936. The van der Waals surface area contributed by atoms with Crippen molar-refractivity contribution in [2.24, 2.45) is 5.41 Å². The molecule has 1 aliphatic rings. The Labute approximate surface area is 82.0 Å². The average Bonchev–Trinajstić information content (AvgIpc) is 2.17. The highest BCUT2D eigenvalue weighted by Gasteiger charge is 2.41. The summed E-state index contributed by atoms with van der Waals surface area (Å²) in [6.07, 6.45) is -0.0627. The Morgan fingerprint density at radius 1 is 1.50 bits per heavy atom. The van der Waals surface area contributed by atoms with Crippen LogP contribution < -0.4 is 0 Å². The van der Waals surface area contributed by atoms with Crippen LogP contribution in [-0.2, 0) is 19.1 Å². The van der Waals surface area contributed by atoms with Crippen molar-refractivity contribution in [3.8, 4) is 0 Å². The molecule has 0 spiro atoms. The normalized spacial score (nSPS) is 28.4. The number of carboxylic acids is 1. The summed E-state index contributed by atoms with van der Waals surface area (Å²) < 4.78 is 10.1. The van der Waals surface area contributed by atoms with Gasteiger partial charge in [0.05, 0.1) is 11.5 Å². The molecule has 1 aliphatic heterocycles. The third-order valence-corrected chi connectivity index (χ3v) is 2.51. The molecule has 1 N–H and O–H groups in total. The molecule has 1 fully saturated rings. The summed E-state index contributed by atoms with van der Waals surface area (Å²) >= 11 is 0. The van der Waals surface area contributed by atoms with Gasteiger partial charge in [-0.2, -0.15) is 0 Å². The van der Waals surface area contributed by atoms with Crippen LogP contribution in [0.4, 0.5) is 0 Å². The topological polar surface area (TPSA) is 72.8 Å². The van der Waals surface area contributed by atoms with Crippen molar-refractivity contribution in [3.05, 3.63) is 0 Å². The first-order chi connectivity index (χ1) is 6.48. The van der Waals surface area contributed by atoms with Crippen molar-refractivity contribution >= 4 is 12.3 Å². The lowest BCUT2D eigenvalue weighted by Crippen LogP contribution is -2.45. The molecule has 80 valence electrons. The summed E-state index contributed by atoms with van der Waals surface area (Å²) in [5, 5.41) is 8.94. The van der Waals surface area contributed by atoms with Gasteiger partial charge in [0.2, 0.25) is 0 Å². The first kappa shape index (κ1) is 11.1. The molecule has 5 nitrogen and oxygen atoms in total. The summed E-state index contributed by atoms with van der Waals surface area (Å²) in [6, 6.07) is 0. The van der Waals surface area contributed by atoms with Gasteiger partial charge in [-0.3, -0.25) is 4.79 Å². The minimum absolute atomic E-state index is 0.0230. The van der Waals surface area contributed by atoms with Gasteiger partial charge in [-0.1, -0.05) is 0 Å². The van der Waals surface area contributed by atoms with E-state index in [-0.39, 0.29) is 6.79 Å². The van der Waals surface area contributed by atoms with Crippen molar-refractivity contribution < 1.29 is 24.2 Å². The minimum Gasteiger partial charge on any atom is -0.481 e. The third kappa shape index (κ3) is 2.10. The van der Waals surface area contributed by atoms with E-state index in [2.05, 4.69) is 0 Å². The number of hydrogen-bond acceptors (Lipinski definition) is 4. The molecule has 1 saturated heterocycles. The van der Waals surface area contributed by atoms with E-state index >= 15 is 0 Å². The van der Waals surface area contributed by atoms with Crippen molar-refractivity contribution in [2.45, 2.75) is 32.5 Å². The summed E-state index contributed by atoms with van der Waals surface area (Å²) in [5.41, 5.74) is -0.995. The monoisotopic (exact) mass is 202 g/mol. The highest BCUT2D eigenvalue weighted by Crippen LogP contribution is 2.29. The molecule has 0 aromatic rings. The zero-order chi connectivity index (χ0) is 10.8. The standard InChI is InChI=1S/C9H14O5/c1-9(2,8(11)12)7-3-6(4-10)13-5-14-7/h4,6-7H,3,5H2,1-2H3,(H,11,12). The van der Waals surface area contributed by atoms with Crippen LogP contribution in [0.2, 0.25) is 0 Å². The fraction of sp³-hybridized carbons (Fsp3) is 0.778. The van der Waals surface area contributed by atoms with Crippen molar-refractivity contribution in [2.75, 3.05) is 6.79 Å². The third-order valence-electron chi connectivity index (χ3n) is 2.51. The van der Waals surface area contributed by atoms with Gasteiger partial charge < -0.3 is 19.4 Å². The maximum atomic E-state index is 10.9. The van der Waals surface area contributed by atoms with Gasteiger partial charge in [-0.15, -0.1) is 0 Å². The van der Waals surface area contributed by atoms with Crippen LogP contribution in [-0.4, -0.2) is 36.4 Å². The zero-order valence-electron chi connectivity index (χ0n) is 8.23. The molecule has 0 amide bonds. The van der Waals surface area contributed by atoms with Gasteiger partial charge in [0, 0.05) is 6.42 Å². The van der Waals surface area contributed by atoms with Crippen LogP contribution in [0.1, 0.15) is 20.3 Å². The summed E-state index contributed by atoms with van der Waals surface area (Å²) in [4.78, 5) is 21.4. The number of carbonyl (C=O) groups is 2. The van der Waals surface area contributed by atoms with Crippen molar-refractivity contribution in [1.82, 2.24) is 0 Å². The highest BCUT2D eigenvalue weighted by molar-refractivity contribution is 5.74. The van der Waals surface area contributed by atoms with Crippen LogP contribution in [0.15, 0.2) is 0 Å². The fourth-order valence-corrected chi connectivity index (χ4v) is 1.29. The van der Waals surface area contributed by atoms with Crippen molar-refractivity contribution in [3.63, 3.8) is 0 Å². The lowest BCUT2D eigenvalue weighted by Gasteiger charge is -2.35. The molecule has 0 aliphatic carbocycles. The van der Waals surface area contributed by atoms with Gasteiger partial charge in [0.15, 0.2) is 0 Å². The fourth-order valence-electron chi connectivity index (χ4n) is 1.29. The average molecular weight is 202 g/mol. The number of carboxylic acid groups (broad SMARTS) is 1. The van der Waals surface area contributed by atoms with E-state index in [1.807, 2.05) is 0 Å². The molecule has 1 rings (SSSR count). The molecule has 5 heteroatoms. The first-order valence-corrected chi connectivity index (χ1v) is 4.40. The van der Waals surface area contributed by atoms with Gasteiger partial charge >= 0.3 is 5.97 Å². The Hall–Kier alpha value is -0.940. The van der Waals surface area contributed by atoms with Crippen LogP contribution >= 0.6 is 0 Å². The lowest BCUT2D eigenvalue weighted by molar-refractivity contribution is -0.205. The number of hydrogen-bond donors (Lipinski definition) is 1. The van der Waals surface area contributed by atoms with E-state index in [0.717, 1.165) is 0 Å². The quantitative estimate of drug-likeness (QED) is 0.672. The van der Waals surface area contributed by atoms with E-state index in [1.165, 1.54) is 0 Å². The Kier molecular flexibility index (Phi) is 3.23. The predicted molar refractivity (Wildman–Crippen MR) is 46.7 cm³/mol. The Balaban J connectivity index is 2.68. The molecule has 0 aromatic heterocycles. The molecule has 14 heavy (non-hydrogen) atoms. The molecule has 1 heterocycles. The van der Waals surface area contributed by atoms with E-state index in [0.29, 0.717) is 12.7 Å². The molecule has 0 bridgehead atoms.